The summed E-state index contributed by atoms with van der Waals surface area (Å²) in [7, 11) is 0. The van der Waals surface area contributed by atoms with E-state index in [1.54, 1.807) is 30.3 Å². The number of carbonyl (C=O) groups excluding carboxylic acids is 2. The number of carbonyl (C=O) groups is 3. The van der Waals surface area contributed by atoms with E-state index in [1.807, 2.05) is 0 Å². The van der Waals surface area contributed by atoms with Crippen LogP contribution in [-0.4, -0.2) is 60.0 Å². The fraction of sp³-hybridized carbons (Fsp3) is 0.421. The van der Waals surface area contributed by atoms with E-state index in [0.29, 0.717) is 18.4 Å². The van der Waals surface area contributed by atoms with E-state index in [0.717, 1.165) is 0 Å². The summed E-state index contributed by atoms with van der Waals surface area (Å²) >= 11 is 0. The number of guanidine groups is 2. The first-order valence-electron chi connectivity index (χ1n) is 9.70. The van der Waals surface area contributed by atoms with Gasteiger partial charge in [0.1, 0.15) is 12.1 Å². The second-order valence-electron chi connectivity index (χ2n) is 6.69. The van der Waals surface area contributed by atoms with E-state index in [4.69, 9.17) is 22.9 Å². The molecular weight excluding hydrogens is 404 g/mol. The number of aliphatic carboxylic acids is 1. The normalized spacial score (nSPS) is 12.1. The summed E-state index contributed by atoms with van der Waals surface area (Å²) in [6.07, 6.45) is 1.07. The van der Waals surface area contributed by atoms with Crippen LogP contribution in [0.15, 0.2) is 40.3 Å². The maximum Gasteiger partial charge on any atom is 0.326 e. The summed E-state index contributed by atoms with van der Waals surface area (Å²) in [5, 5.41) is 14.5. The topological polar surface area (TPSA) is 224 Å². The highest BCUT2D eigenvalue weighted by Crippen LogP contribution is 2.06. The summed E-state index contributed by atoms with van der Waals surface area (Å²) in [5.41, 5.74) is 21.4. The fourth-order valence-corrected chi connectivity index (χ4v) is 2.64. The predicted molar refractivity (Wildman–Crippen MR) is 117 cm³/mol. The lowest BCUT2D eigenvalue weighted by molar-refractivity contribution is -0.142. The number of nitrogens with zero attached hydrogens (tertiary/aromatic N) is 2. The highest BCUT2D eigenvalue weighted by Gasteiger charge is 2.26. The number of rotatable bonds is 13. The maximum absolute atomic E-state index is 12.8. The van der Waals surface area contributed by atoms with Gasteiger partial charge in [0.15, 0.2) is 11.9 Å². The number of amides is 2. The highest BCUT2D eigenvalue weighted by atomic mass is 16.4. The lowest BCUT2D eigenvalue weighted by atomic mass is 10.1. The molecule has 0 aliphatic heterocycles. The van der Waals surface area contributed by atoms with Crippen molar-refractivity contribution in [1.29, 1.82) is 0 Å². The molecule has 170 valence electrons. The van der Waals surface area contributed by atoms with E-state index in [-0.39, 0.29) is 37.9 Å². The van der Waals surface area contributed by atoms with Gasteiger partial charge in [0.05, 0.1) is 0 Å². The molecule has 1 rings (SSSR count). The van der Waals surface area contributed by atoms with Crippen LogP contribution in [-0.2, 0) is 9.59 Å². The second-order valence-corrected chi connectivity index (χ2v) is 6.69. The Hall–Kier alpha value is -3.83. The molecular formula is C19H30N8O4. The molecule has 0 heterocycles. The number of carboxylic acid groups (broad SMARTS) is 1. The zero-order valence-corrected chi connectivity index (χ0v) is 17.2. The molecule has 0 saturated carbocycles. The van der Waals surface area contributed by atoms with Crippen LogP contribution < -0.4 is 33.6 Å². The molecule has 0 bridgehead atoms. The van der Waals surface area contributed by atoms with Crippen LogP contribution in [0.1, 0.15) is 36.0 Å². The fourth-order valence-electron chi connectivity index (χ4n) is 2.64. The van der Waals surface area contributed by atoms with E-state index >= 15 is 0 Å². The molecule has 1 aromatic carbocycles. The zero-order chi connectivity index (χ0) is 23.2. The van der Waals surface area contributed by atoms with Crippen molar-refractivity contribution in [2.24, 2.45) is 32.9 Å². The maximum atomic E-state index is 12.8. The summed E-state index contributed by atoms with van der Waals surface area (Å²) < 4.78 is 0. The van der Waals surface area contributed by atoms with Gasteiger partial charge >= 0.3 is 5.97 Å². The summed E-state index contributed by atoms with van der Waals surface area (Å²) in [6.45, 7) is 0.489. The monoisotopic (exact) mass is 434 g/mol. The van der Waals surface area contributed by atoms with Crippen molar-refractivity contribution in [2.45, 2.75) is 37.8 Å². The molecule has 0 aliphatic rings. The van der Waals surface area contributed by atoms with E-state index in [2.05, 4.69) is 20.6 Å². The van der Waals surface area contributed by atoms with Crippen LogP contribution in [0.5, 0.6) is 0 Å². The first-order chi connectivity index (χ1) is 14.7. The van der Waals surface area contributed by atoms with Gasteiger partial charge in [0.25, 0.3) is 5.91 Å². The molecule has 0 saturated heterocycles. The molecule has 31 heavy (non-hydrogen) atoms. The molecule has 11 N–H and O–H groups in total. The average molecular weight is 435 g/mol. The Balaban J connectivity index is 2.81. The minimum Gasteiger partial charge on any atom is -0.480 e. The number of aliphatic imine (C=N–C) groups is 2. The Morgan fingerprint density at radius 2 is 1.35 bits per heavy atom. The molecule has 1 aromatic rings. The van der Waals surface area contributed by atoms with Crippen LogP contribution in [0.2, 0.25) is 0 Å². The standard InChI is InChI=1S/C19H30N8O4/c20-18(21)24-10-4-8-13(26-15(28)12-6-2-1-3-7-12)16(29)27-14(17(30)31)9-5-11-25-19(22)23/h1-3,6-7,13-14H,4-5,8-11H2,(H,26,28)(H,27,29)(H,30,31)(H4,20,21,24)(H4,22,23,25)/t13-,14-/m0/s1. The Morgan fingerprint density at radius 3 is 1.84 bits per heavy atom. The van der Waals surface area contributed by atoms with Crippen molar-refractivity contribution in [3.63, 3.8) is 0 Å². The lowest BCUT2D eigenvalue weighted by Gasteiger charge is -2.21. The first kappa shape index (κ1) is 25.2. The van der Waals surface area contributed by atoms with Gasteiger partial charge in [-0.2, -0.15) is 0 Å². The van der Waals surface area contributed by atoms with Crippen LogP contribution >= 0.6 is 0 Å². The molecule has 0 unspecified atom stereocenters. The second kappa shape index (κ2) is 13.4. The summed E-state index contributed by atoms with van der Waals surface area (Å²) in [6, 6.07) is 6.23. The van der Waals surface area contributed by atoms with Gasteiger partial charge in [-0.05, 0) is 37.8 Å². The first-order valence-corrected chi connectivity index (χ1v) is 9.70. The SMILES string of the molecule is NC(N)=NCCC[C@H](NC(=O)[C@H](CCCN=C(N)N)NC(=O)c1ccccc1)C(=O)O. The largest absolute Gasteiger partial charge is 0.480 e. The predicted octanol–water partition coefficient (Wildman–Crippen LogP) is -1.54. The minimum atomic E-state index is -1.20. The quantitative estimate of drug-likeness (QED) is 0.109. The number of benzene rings is 1. The number of hydrogen-bond acceptors (Lipinski definition) is 5. The lowest BCUT2D eigenvalue weighted by Crippen LogP contribution is -2.51. The third-order valence-corrected chi connectivity index (χ3v) is 4.16. The molecule has 0 aliphatic carbocycles. The molecule has 0 aromatic heterocycles. The highest BCUT2D eigenvalue weighted by molar-refractivity contribution is 5.98. The third kappa shape index (κ3) is 10.5. The molecule has 12 heteroatoms. The van der Waals surface area contributed by atoms with Crippen molar-refractivity contribution in [1.82, 2.24) is 10.6 Å². The van der Waals surface area contributed by atoms with Gasteiger partial charge in [-0.15, -0.1) is 0 Å². The van der Waals surface area contributed by atoms with Crippen LogP contribution in [0, 0.1) is 0 Å². The minimum absolute atomic E-state index is 0.0824. The molecule has 0 radical (unpaired) electrons. The number of nitrogens with two attached hydrogens (primary N) is 4. The molecule has 0 spiro atoms. The van der Waals surface area contributed by atoms with Crippen LogP contribution in [0.25, 0.3) is 0 Å². The Bertz CT molecular complexity index is 789. The van der Waals surface area contributed by atoms with Crippen molar-refractivity contribution in [3.05, 3.63) is 35.9 Å². The molecule has 2 amide bonds. The van der Waals surface area contributed by atoms with Gasteiger partial charge < -0.3 is 38.7 Å². The van der Waals surface area contributed by atoms with E-state index in [1.165, 1.54) is 0 Å². The summed E-state index contributed by atoms with van der Waals surface area (Å²) in [4.78, 5) is 44.4. The smallest absolute Gasteiger partial charge is 0.326 e. The summed E-state index contributed by atoms with van der Waals surface area (Å²) in [5.74, 6) is -2.46. The van der Waals surface area contributed by atoms with Gasteiger partial charge in [0, 0.05) is 18.7 Å². The number of nitrogens with one attached hydrogen (secondary N) is 2. The molecule has 12 nitrogen and oxygen atoms in total. The Labute approximate surface area is 180 Å². The number of hydrogen-bond donors (Lipinski definition) is 7. The van der Waals surface area contributed by atoms with Gasteiger partial charge in [-0.3, -0.25) is 19.6 Å². The van der Waals surface area contributed by atoms with Crippen molar-refractivity contribution < 1.29 is 19.5 Å². The van der Waals surface area contributed by atoms with Gasteiger partial charge in [-0.25, -0.2) is 4.79 Å². The zero-order valence-electron chi connectivity index (χ0n) is 17.2. The van der Waals surface area contributed by atoms with Gasteiger partial charge in [0.2, 0.25) is 5.91 Å². The van der Waals surface area contributed by atoms with Crippen LogP contribution in [0.4, 0.5) is 0 Å². The average Bonchev–Trinajstić information content (AvgIpc) is 2.72. The van der Waals surface area contributed by atoms with E-state index < -0.39 is 29.9 Å². The van der Waals surface area contributed by atoms with Crippen molar-refractivity contribution in [3.8, 4) is 0 Å². The third-order valence-electron chi connectivity index (χ3n) is 4.16. The Kier molecular flexibility index (Phi) is 10.9. The van der Waals surface area contributed by atoms with Gasteiger partial charge in [-0.1, -0.05) is 18.2 Å². The van der Waals surface area contributed by atoms with Crippen molar-refractivity contribution in [2.75, 3.05) is 13.1 Å². The van der Waals surface area contributed by atoms with Crippen LogP contribution in [0.3, 0.4) is 0 Å². The molecule has 2 atom stereocenters. The Morgan fingerprint density at radius 1 is 0.839 bits per heavy atom. The molecule has 0 fully saturated rings. The van der Waals surface area contributed by atoms with Crippen molar-refractivity contribution >= 4 is 29.7 Å². The van der Waals surface area contributed by atoms with E-state index in [9.17, 15) is 19.5 Å². The number of carboxylic acids is 1.